The average molecular weight is 229 g/mol. The standard InChI is InChI=1S/C10H19N3OS/c1-8-6-9(13(3)12-8)15-5-4-10(2,14)7-11/h6,14H,4-5,7,11H2,1-3H3. The van der Waals surface area contributed by atoms with Gasteiger partial charge in [0, 0.05) is 19.3 Å². The lowest BCUT2D eigenvalue weighted by Crippen LogP contribution is -2.34. The van der Waals surface area contributed by atoms with Crippen LogP contribution in [0, 0.1) is 6.92 Å². The summed E-state index contributed by atoms with van der Waals surface area (Å²) in [5.41, 5.74) is 5.71. The van der Waals surface area contributed by atoms with Crippen molar-refractivity contribution in [1.29, 1.82) is 0 Å². The fourth-order valence-corrected chi connectivity index (χ4v) is 2.43. The Bertz CT molecular complexity index is 322. The molecule has 0 amide bonds. The van der Waals surface area contributed by atoms with Crippen molar-refractivity contribution in [3.05, 3.63) is 11.8 Å². The molecule has 0 radical (unpaired) electrons. The monoisotopic (exact) mass is 229 g/mol. The minimum atomic E-state index is -0.749. The molecule has 0 spiro atoms. The molecule has 15 heavy (non-hydrogen) atoms. The minimum Gasteiger partial charge on any atom is -0.389 e. The largest absolute Gasteiger partial charge is 0.389 e. The summed E-state index contributed by atoms with van der Waals surface area (Å²) in [7, 11) is 1.93. The molecule has 0 saturated carbocycles. The van der Waals surface area contributed by atoms with Crippen molar-refractivity contribution in [3.63, 3.8) is 0 Å². The quantitative estimate of drug-likeness (QED) is 0.737. The highest BCUT2D eigenvalue weighted by Crippen LogP contribution is 2.21. The Morgan fingerprint density at radius 1 is 1.67 bits per heavy atom. The second-order valence-corrected chi connectivity index (χ2v) is 5.16. The molecule has 0 saturated heterocycles. The van der Waals surface area contributed by atoms with Crippen LogP contribution in [0.15, 0.2) is 11.1 Å². The number of hydrogen-bond acceptors (Lipinski definition) is 4. The van der Waals surface area contributed by atoms with Crippen LogP contribution in [0.4, 0.5) is 0 Å². The summed E-state index contributed by atoms with van der Waals surface area (Å²) in [6, 6.07) is 2.04. The molecule has 0 aliphatic rings. The third-order valence-corrected chi connectivity index (χ3v) is 3.38. The van der Waals surface area contributed by atoms with E-state index in [1.165, 1.54) is 0 Å². The van der Waals surface area contributed by atoms with Gasteiger partial charge in [-0.25, -0.2) is 0 Å². The third-order valence-electron chi connectivity index (χ3n) is 2.29. The molecule has 3 N–H and O–H groups in total. The van der Waals surface area contributed by atoms with Crippen molar-refractivity contribution in [2.75, 3.05) is 12.3 Å². The maximum Gasteiger partial charge on any atom is 0.0939 e. The Hall–Kier alpha value is -0.520. The third kappa shape index (κ3) is 3.85. The molecular weight excluding hydrogens is 210 g/mol. The first-order valence-corrected chi connectivity index (χ1v) is 5.99. The van der Waals surface area contributed by atoms with Gasteiger partial charge >= 0.3 is 0 Å². The van der Waals surface area contributed by atoms with Crippen LogP contribution in [-0.4, -0.2) is 32.8 Å². The molecule has 0 aromatic carbocycles. The highest BCUT2D eigenvalue weighted by atomic mass is 32.2. The zero-order valence-corrected chi connectivity index (χ0v) is 10.3. The maximum atomic E-state index is 9.71. The van der Waals surface area contributed by atoms with Crippen LogP contribution in [0.2, 0.25) is 0 Å². The van der Waals surface area contributed by atoms with Gasteiger partial charge in [0.1, 0.15) is 0 Å². The van der Waals surface area contributed by atoms with Gasteiger partial charge in [0.2, 0.25) is 0 Å². The molecule has 86 valence electrons. The number of thioether (sulfide) groups is 1. The molecule has 5 heteroatoms. The van der Waals surface area contributed by atoms with Gasteiger partial charge in [-0.3, -0.25) is 4.68 Å². The summed E-state index contributed by atoms with van der Waals surface area (Å²) in [5, 5.41) is 15.1. The summed E-state index contributed by atoms with van der Waals surface area (Å²) < 4.78 is 1.86. The first-order valence-electron chi connectivity index (χ1n) is 5.00. The number of aryl methyl sites for hydroxylation is 2. The molecular formula is C10H19N3OS. The molecule has 0 fully saturated rings. The van der Waals surface area contributed by atoms with Crippen molar-refractivity contribution in [1.82, 2.24) is 9.78 Å². The second-order valence-electron chi connectivity index (χ2n) is 4.05. The van der Waals surface area contributed by atoms with Crippen LogP contribution in [-0.2, 0) is 7.05 Å². The van der Waals surface area contributed by atoms with E-state index in [-0.39, 0.29) is 0 Å². The minimum absolute atomic E-state index is 0.304. The molecule has 1 heterocycles. The van der Waals surface area contributed by atoms with E-state index >= 15 is 0 Å². The van der Waals surface area contributed by atoms with Crippen LogP contribution in [0.3, 0.4) is 0 Å². The highest BCUT2D eigenvalue weighted by molar-refractivity contribution is 7.99. The van der Waals surface area contributed by atoms with Crippen LogP contribution in [0.5, 0.6) is 0 Å². The average Bonchev–Trinajstić information content (AvgIpc) is 2.45. The van der Waals surface area contributed by atoms with E-state index in [9.17, 15) is 5.11 Å². The van der Waals surface area contributed by atoms with E-state index in [1.807, 2.05) is 24.7 Å². The number of aromatic nitrogens is 2. The van der Waals surface area contributed by atoms with E-state index in [0.29, 0.717) is 13.0 Å². The van der Waals surface area contributed by atoms with Crippen molar-refractivity contribution >= 4 is 11.8 Å². The number of nitrogens with two attached hydrogens (primary N) is 1. The lowest BCUT2D eigenvalue weighted by molar-refractivity contribution is 0.0665. The van der Waals surface area contributed by atoms with E-state index in [4.69, 9.17) is 5.73 Å². The van der Waals surface area contributed by atoms with Crippen molar-refractivity contribution in [3.8, 4) is 0 Å². The summed E-state index contributed by atoms with van der Waals surface area (Å²) in [4.78, 5) is 0. The molecule has 0 aliphatic heterocycles. The van der Waals surface area contributed by atoms with E-state index in [0.717, 1.165) is 16.5 Å². The van der Waals surface area contributed by atoms with Crippen LogP contribution in [0.1, 0.15) is 19.0 Å². The summed E-state index contributed by atoms with van der Waals surface area (Å²) >= 11 is 1.70. The molecule has 0 aliphatic carbocycles. The second kappa shape index (κ2) is 5.01. The topological polar surface area (TPSA) is 64.1 Å². The van der Waals surface area contributed by atoms with Gasteiger partial charge in [-0.2, -0.15) is 5.10 Å². The lowest BCUT2D eigenvalue weighted by Gasteiger charge is -2.20. The zero-order chi connectivity index (χ0) is 11.5. The van der Waals surface area contributed by atoms with Crippen LogP contribution < -0.4 is 5.73 Å². The molecule has 1 rings (SSSR count). The fourth-order valence-electron chi connectivity index (χ4n) is 1.20. The summed E-state index contributed by atoms with van der Waals surface area (Å²) in [6.45, 7) is 4.04. The van der Waals surface area contributed by atoms with Gasteiger partial charge in [0.05, 0.1) is 16.3 Å². The lowest BCUT2D eigenvalue weighted by atomic mass is 10.1. The molecule has 4 nitrogen and oxygen atoms in total. The first kappa shape index (κ1) is 12.5. The Morgan fingerprint density at radius 3 is 2.80 bits per heavy atom. The number of aliphatic hydroxyl groups is 1. The zero-order valence-electron chi connectivity index (χ0n) is 9.53. The van der Waals surface area contributed by atoms with Gasteiger partial charge in [-0.05, 0) is 26.3 Å². The number of hydrogen-bond donors (Lipinski definition) is 2. The van der Waals surface area contributed by atoms with E-state index < -0.39 is 5.60 Å². The van der Waals surface area contributed by atoms with Crippen LogP contribution >= 0.6 is 11.8 Å². The molecule has 0 bridgehead atoms. The van der Waals surface area contributed by atoms with Gasteiger partial charge in [-0.15, -0.1) is 11.8 Å². The summed E-state index contributed by atoms with van der Waals surface area (Å²) in [6.07, 6.45) is 0.693. The van der Waals surface area contributed by atoms with Crippen molar-refractivity contribution < 1.29 is 5.11 Å². The van der Waals surface area contributed by atoms with Crippen molar-refractivity contribution in [2.24, 2.45) is 12.8 Å². The highest BCUT2D eigenvalue weighted by Gasteiger charge is 2.17. The fraction of sp³-hybridized carbons (Fsp3) is 0.700. The first-order chi connectivity index (χ1) is 6.94. The van der Waals surface area contributed by atoms with Gasteiger partial charge in [0.25, 0.3) is 0 Å². The van der Waals surface area contributed by atoms with E-state index in [2.05, 4.69) is 5.10 Å². The predicted molar refractivity (Wildman–Crippen MR) is 63.0 cm³/mol. The number of nitrogens with zero attached hydrogens (tertiary/aromatic N) is 2. The molecule has 1 unspecified atom stereocenters. The van der Waals surface area contributed by atoms with Gasteiger partial charge < -0.3 is 10.8 Å². The predicted octanol–water partition coefficient (Wildman–Crippen LogP) is 0.920. The van der Waals surface area contributed by atoms with Gasteiger partial charge in [0.15, 0.2) is 0 Å². The number of rotatable bonds is 5. The Kier molecular flexibility index (Phi) is 4.19. The van der Waals surface area contributed by atoms with Gasteiger partial charge in [-0.1, -0.05) is 0 Å². The van der Waals surface area contributed by atoms with Crippen LogP contribution in [0.25, 0.3) is 0 Å². The molecule has 1 aromatic heterocycles. The smallest absolute Gasteiger partial charge is 0.0939 e. The Balaban J connectivity index is 2.41. The Labute approximate surface area is 94.9 Å². The Morgan fingerprint density at radius 2 is 2.33 bits per heavy atom. The maximum absolute atomic E-state index is 9.71. The SMILES string of the molecule is Cc1cc(SCCC(C)(O)CN)n(C)n1. The normalized spacial score (nSPS) is 15.3. The molecule has 1 atom stereocenters. The molecule has 1 aromatic rings. The van der Waals surface area contributed by atoms with E-state index in [1.54, 1.807) is 18.7 Å². The van der Waals surface area contributed by atoms with Crippen molar-refractivity contribution in [2.45, 2.75) is 30.9 Å². The summed E-state index contributed by atoms with van der Waals surface area (Å²) in [5.74, 6) is 0.850.